The predicted molar refractivity (Wildman–Crippen MR) is 558 cm³/mol. The van der Waals surface area contributed by atoms with E-state index in [4.69, 9.17) is 39.0 Å². The van der Waals surface area contributed by atoms with Gasteiger partial charge in [0.05, 0.1) is 47.3 Å². The molecule has 0 spiro atoms. The van der Waals surface area contributed by atoms with E-state index in [1.54, 1.807) is 78.9 Å². The van der Waals surface area contributed by atoms with Crippen molar-refractivity contribution in [1.82, 2.24) is 0 Å². The summed E-state index contributed by atoms with van der Waals surface area (Å²) in [4.78, 5) is 110. The van der Waals surface area contributed by atoms with Crippen molar-refractivity contribution in [3.8, 4) is 74.4 Å². The fraction of sp³-hybridized carbons (Fsp3) is 0.0722. The van der Waals surface area contributed by atoms with E-state index in [9.17, 15) is 89.7 Å². The van der Waals surface area contributed by atoms with Crippen molar-refractivity contribution in [1.29, 1.82) is 0 Å². The molecule has 13 aromatic carbocycles. The summed E-state index contributed by atoms with van der Waals surface area (Å²) in [5, 5.41) is 103. The van der Waals surface area contributed by atoms with E-state index in [-0.39, 0.29) is 243 Å². The van der Waals surface area contributed by atoms with Crippen LogP contribution >= 0.6 is 15.9 Å². The Balaban J connectivity index is -0.000000799. The third-order valence-corrected chi connectivity index (χ3v) is 18.3. The van der Waals surface area contributed by atoms with E-state index in [2.05, 4.69) is 82.2 Å². The predicted octanol–water partition coefficient (Wildman–Crippen LogP) is 14.2. The van der Waals surface area contributed by atoms with Crippen LogP contribution < -0.4 is 60.4 Å². The number of hydrogen-bond acceptors (Lipinski definition) is 28. The van der Waals surface area contributed by atoms with Crippen LogP contribution in [0.2, 0.25) is 0 Å². The van der Waals surface area contributed by atoms with Crippen LogP contribution in [0.1, 0.15) is 93.9 Å². The normalized spacial score (nSPS) is 9.39. The minimum Gasteiger partial charge on any atom is -1.00 e. The standard InChI is InChI=1S/C22H15NO6.C22H17NO5.C15H11NO4.C14H11NO4.C8H8O2.C7H7Br.C7H5NO4.2CH4.B4.B3.B2.B.Ba.Na.2H2O.H2.H/c24-20-16-8-4-5-9-18(16)29-22(21(20)25)15-10-11-19(17(12-15)23(26)27)28-13-14-6-2-1-3-7-14;24-20-9-5-4-8-18(20)21(25)12-10-16-11-13-22(19(14-16)23(26)27)28-15-17-6-2-1-3-7-17;16-10-7-8(5-6-11(10)17)15-14(19)13(18)9-3-1-2-4-12(9)20-15;16-9-12-6-7-14(13(8-12)15(17)18)19-10-11-4-2-1-3-5-11;1-6(9)7-4-2-3-5-8(7)10;8-6-7-4-2-1-3-5-7;9-4-5-1-2-7(10)6(3-5)8(11)12;;;1-4(2)3;1-3-2;1-2;;;;;;;/h1-12,25H,13H2;1-14,24H,15H2;1-7,17,19H,16H2;1-9H,10H2;2-5,10H,1H3;1-5H,6H2;1-4,10H;2*1H4;;;;;;;2*1H2;1H;/q;;;;;;;;;;;;;+2;+1;;;;-1/p-2/b;12-10+;;;;;;;;;;;;;;;;;. The molecular weight excluding hydrogens is 2020 g/mol. The first kappa shape index (κ1) is 130. The Morgan fingerprint density at radius 2 is 0.754 bits per heavy atom. The van der Waals surface area contributed by atoms with Crippen LogP contribution in [0, 0.1) is 40.5 Å². The zero-order valence-electron chi connectivity index (χ0n) is 75.6. The number of nitrogens with zero attached hydrogens (tertiary/aromatic N) is 4. The summed E-state index contributed by atoms with van der Waals surface area (Å²) < 4.78 is 27.8. The smallest absolute Gasteiger partial charge is 1.00 e. The molecule has 0 fully saturated rings. The van der Waals surface area contributed by atoms with Gasteiger partial charge in [0.25, 0.3) is 0 Å². The van der Waals surface area contributed by atoms with E-state index in [0.717, 1.165) is 41.2 Å². The molecule has 0 amide bonds. The van der Waals surface area contributed by atoms with E-state index >= 15 is 0 Å². The molecule has 18 radical (unpaired) electrons. The van der Waals surface area contributed by atoms with Gasteiger partial charge in [0.1, 0.15) is 60.8 Å². The third-order valence-electron chi connectivity index (χ3n) is 17.7. The quantitative estimate of drug-likeness (QED) is 0.00381. The summed E-state index contributed by atoms with van der Waals surface area (Å²) in [6.45, 7) is 2.04. The number of nitrogens with two attached hydrogens (primary N) is 1. The summed E-state index contributed by atoms with van der Waals surface area (Å²) in [6, 6.07) is 84.5. The fourth-order valence-electron chi connectivity index (χ4n) is 11.3. The Bertz CT molecular complexity index is 6720. The zero-order valence-corrected chi connectivity index (χ0v) is 82.7. The number of allylic oxidation sites excluding steroid dienone is 1. The minimum atomic E-state index is -0.748. The molecule has 0 saturated carbocycles. The number of halogens is 1. The molecule has 702 valence electrons. The molecule has 0 atom stereocenters. The van der Waals surface area contributed by atoms with Crippen LogP contribution in [0.3, 0.4) is 0 Å². The van der Waals surface area contributed by atoms with Gasteiger partial charge < -0.3 is 71.8 Å². The summed E-state index contributed by atoms with van der Waals surface area (Å²) in [6.07, 6.45) is 3.10. The van der Waals surface area contributed by atoms with Gasteiger partial charge in [0.2, 0.25) is 22.4 Å². The number of phenolic OH excluding ortho intramolecular Hbond substituents is 4. The molecule has 15 rings (SSSR count). The summed E-state index contributed by atoms with van der Waals surface area (Å²) in [7, 11) is 32.0. The van der Waals surface area contributed by atoms with Crippen molar-refractivity contribution in [2.45, 2.75) is 46.9 Å². The second kappa shape index (κ2) is 68.9. The molecular formula is C97H87B10BaBrN5NaO27. The number of para-hydroxylation sites is 4. The first-order valence-electron chi connectivity index (χ1n) is 39.4. The van der Waals surface area contributed by atoms with E-state index in [0.29, 0.717) is 40.2 Å². The van der Waals surface area contributed by atoms with Crippen molar-refractivity contribution in [2.24, 2.45) is 0 Å². The Kier molecular flexibility index (Phi) is 63.0. The number of aromatic hydroxyl groups is 6. The van der Waals surface area contributed by atoms with Gasteiger partial charge in [-0.25, -0.2) is 0 Å². The van der Waals surface area contributed by atoms with E-state index < -0.39 is 65.7 Å². The topological polar surface area (TPSA) is 536 Å². The first-order chi connectivity index (χ1) is 64.8. The van der Waals surface area contributed by atoms with Crippen molar-refractivity contribution < 1.29 is 136 Å². The molecule has 45 heteroatoms. The van der Waals surface area contributed by atoms with E-state index in [1.807, 2.05) is 109 Å². The number of aldehydes is 2. The van der Waals surface area contributed by atoms with Crippen LogP contribution in [0.4, 0.5) is 28.4 Å². The monoisotopic (exact) mass is 2100 g/mol. The van der Waals surface area contributed by atoms with Crippen molar-refractivity contribution in [2.75, 3.05) is 5.73 Å². The number of nitrogen functional groups attached to an aromatic ring is 1. The van der Waals surface area contributed by atoms with Gasteiger partial charge in [0, 0.05) is 129 Å². The molecule has 0 aliphatic heterocycles. The number of nitro groups is 4. The molecule has 10 N–H and O–H groups in total. The molecule has 2 heterocycles. The molecule has 0 aliphatic carbocycles. The van der Waals surface area contributed by atoms with Crippen LogP contribution in [-0.4, -0.2) is 210 Å². The second-order valence-electron chi connectivity index (χ2n) is 27.1. The number of alkyl halides is 1. The summed E-state index contributed by atoms with van der Waals surface area (Å²) in [5.41, 5.74) is 10.2. The zero-order chi connectivity index (χ0) is 99.1. The maximum absolute atomic E-state index is 12.4. The minimum absolute atomic E-state index is 0. The maximum Gasteiger partial charge on any atom is 2.00 e. The van der Waals surface area contributed by atoms with Gasteiger partial charge in [-0.2, -0.15) is 0 Å². The van der Waals surface area contributed by atoms with Crippen molar-refractivity contribution in [3.63, 3.8) is 0 Å². The van der Waals surface area contributed by atoms with Gasteiger partial charge in [-0.3, -0.25) is 69.2 Å². The van der Waals surface area contributed by atoms with Crippen LogP contribution in [0.25, 0.3) is 50.7 Å². The number of carbonyl (C=O) groups excluding carboxylic acids is 4. The first-order valence-corrected chi connectivity index (χ1v) is 40.5. The van der Waals surface area contributed by atoms with Crippen molar-refractivity contribution in [3.05, 3.63) is 426 Å². The number of fused-ring (bicyclic) bond motifs is 2. The molecule has 0 bridgehead atoms. The number of rotatable bonds is 22. The number of anilines is 1. The number of Topliss-reactive ketones (excluding diaryl/α,β-unsaturated/α-hetero) is 1. The van der Waals surface area contributed by atoms with Crippen LogP contribution in [-0.2, 0) is 25.2 Å². The van der Waals surface area contributed by atoms with Gasteiger partial charge in [-0.05, 0) is 150 Å². The van der Waals surface area contributed by atoms with E-state index in [1.165, 1.54) is 122 Å². The van der Waals surface area contributed by atoms with Gasteiger partial charge >= 0.3 is 101 Å². The molecule has 0 unspecified atom stereocenters. The molecule has 2 aromatic heterocycles. The fourth-order valence-corrected chi connectivity index (χ4v) is 11.7. The second-order valence-corrected chi connectivity index (χ2v) is 27.7. The average molecular weight is 2100 g/mol. The average Bonchev–Trinajstić information content (AvgIpc) is 0.777. The van der Waals surface area contributed by atoms with Crippen molar-refractivity contribution >= 4 is 221 Å². The summed E-state index contributed by atoms with van der Waals surface area (Å²) in [5.74, 6) is -1.90. The number of phenols is 4. The molecule has 32 nitrogen and oxygen atoms in total. The molecule has 0 saturated heterocycles. The summed E-state index contributed by atoms with van der Waals surface area (Å²) >= 11 is 3.36. The number of ether oxygens (including phenoxy) is 3. The largest absolute Gasteiger partial charge is 2.00 e. The Hall–Kier alpha value is -14.1. The number of ketones is 2. The van der Waals surface area contributed by atoms with Crippen LogP contribution in [0.5, 0.6) is 51.7 Å². The Morgan fingerprint density at radius 3 is 1.11 bits per heavy atom. The van der Waals surface area contributed by atoms with Crippen LogP contribution in [0.15, 0.2) is 334 Å². The third kappa shape index (κ3) is 41.8. The molecule has 142 heavy (non-hydrogen) atoms. The molecule has 0 aliphatic rings. The number of hydrogen-bond donors (Lipinski definition) is 7. The van der Waals surface area contributed by atoms with Gasteiger partial charge in [0.15, 0.2) is 46.1 Å². The number of benzene rings is 13. The molecule has 15 aromatic rings. The Labute approximate surface area is 902 Å². The SMILES string of the molecule is BrCc1ccccc1.C.C.CC(=O)c1ccccc1O.Nc1cc(-c2oc3ccccc3c(=O)c2O)ccc1O.O=C(/C=C/c1ccc(OCc2ccccc2)c([N+](=O)[O-])c1)c1ccccc1O.O=Cc1ccc(O)c([N+](=O)[O-])c1.O=Cc1ccc(OCc2ccccc2)c([N+](=O)[O-])c1.O=c1c(O)c(-c2ccc(OCc3ccccc3)c([N+](=O)[O-])c2)oc2ccccc12.[B].[B]B([B])[B].[B][B].[B][B][B].[Ba+2].[H-].[HH].[Na+].[OH-].[OH-]. The van der Waals surface area contributed by atoms with Gasteiger partial charge in [-0.1, -0.05) is 213 Å². The number of carbonyl (C=O) groups is 4. The van der Waals surface area contributed by atoms with Gasteiger partial charge in [-0.15, -0.1) is 0 Å². The number of nitro benzene ring substituents is 4. The Morgan fingerprint density at radius 1 is 0.451 bits per heavy atom. The maximum atomic E-state index is 12.4.